The summed E-state index contributed by atoms with van der Waals surface area (Å²) < 4.78 is 7.92. The van der Waals surface area contributed by atoms with Crippen molar-refractivity contribution in [2.75, 3.05) is 13.1 Å². The third kappa shape index (κ3) is 3.61. The summed E-state index contributed by atoms with van der Waals surface area (Å²) in [4.78, 5) is 14.9. The zero-order valence-corrected chi connectivity index (χ0v) is 16.6. The number of carbonyl (C=O) groups excluding carboxylic acids is 1. The Hall–Kier alpha value is -3.19. The van der Waals surface area contributed by atoms with E-state index in [0.717, 1.165) is 30.6 Å². The first-order chi connectivity index (χ1) is 14.3. The minimum atomic E-state index is 0.0475. The molecule has 0 saturated carbocycles. The largest absolute Gasteiger partial charge is 0.420 e. The van der Waals surface area contributed by atoms with Gasteiger partial charge in [0.15, 0.2) is 0 Å². The van der Waals surface area contributed by atoms with Crippen LogP contribution in [0.3, 0.4) is 0 Å². The van der Waals surface area contributed by atoms with E-state index < -0.39 is 0 Å². The van der Waals surface area contributed by atoms with Gasteiger partial charge in [-0.2, -0.15) is 11.3 Å². The number of benzene rings is 1. The monoisotopic (exact) mass is 404 g/mol. The van der Waals surface area contributed by atoms with Gasteiger partial charge in [0.25, 0.3) is 5.91 Å². The van der Waals surface area contributed by atoms with Crippen LogP contribution in [0, 0.1) is 0 Å². The highest BCUT2D eigenvalue weighted by Crippen LogP contribution is 2.29. The molecule has 3 aromatic heterocycles. The summed E-state index contributed by atoms with van der Waals surface area (Å²) in [5.41, 5.74) is 2.68. The summed E-state index contributed by atoms with van der Waals surface area (Å²) in [6.45, 7) is 1.35. The molecule has 0 bridgehead atoms. The van der Waals surface area contributed by atoms with E-state index in [9.17, 15) is 4.79 Å². The Balaban J connectivity index is 1.29. The van der Waals surface area contributed by atoms with Crippen LogP contribution in [0.2, 0.25) is 0 Å². The number of rotatable bonds is 4. The molecule has 1 aromatic carbocycles. The SMILES string of the molecule is O=C(c1ccc(-n2cccc2)cc1)N1CCCC(c2nnc(-c3ccsc3)o2)C1. The Kier molecular flexibility index (Phi) is 4.73. The minimum Gasteiger partial charge on any atom is -0.420 e. The van der Waals surface area contributed by atoms with Crippen molar-refractivity contribution in [2.45, 2.75) is 18.8 Å². The summed E-state index contributed by atoms with van der Waals surface area (Å²) in [5, 5.41) is 12.4. The van der Waals surface area contributed by atoms with Crippen LogP contribution >= 0.6 is 11.3 Å². The molecule has 1 amide bonds. The van der Waals surface area contributed by atoms with Gasteiger partial charge in [-0.3, -0.25) is 4.79 Å². The van der Waals surface area contributed by atoms with Gasteiger partial charge < -0.3 is 13.9 Å². The molecule has 0 spiro atoms. The molecular formula is C22H20N4O2S. The van der Waals surface area contributed by atoms with Gasteiger partial charge in [0.05, 0.1) is 5.92 Å². The van der Waals surface area contributed by atoms with Crippen LogP contribution in [0.1, 0.15) is 35.0 Å². The van der Waals surface area contributed by atoms with Crippen LogP contribution < -0.4 is 0 Å². The highest BCUT2D eigenvalue weighted by atomic mass is 32.1. The van der Waals surface area contributed by atoms with Crippen LogP contribution in [0.5, 0.6) is 0 Å². The fraction of sp³-hybridized carbons (Fsp3) is 0.227. The molecule has 1 aliphatic heterocycles. The van der Waals surface area contributed by atoms with E-state index in [4.69, 9.17) is 4.42 Å². The molecule has 29 heavy (non-hydrogen) atoms. The molecule has 0 N–H and O–H groups in total. The second kappa shape index (κ2) is 7.67. The number of nitrogens with zero attached hydrogens (tertiary/aromatic N) is 4. The number of likely N-dealkylation sites (tertiary alicyclic amines) is 1. The van der Waals surface area contributed by atoms with Crippen molar-refractivity contribution in [2.24, 2.45) is 0 Å². The van der Waals surface area contributed by atoms with Crippen LogP contribution in [0.25, 0.3) is 17.1 Å². The maximum atomic E-state index is 13.0. The smallest absolute Gasteiger partial charge is 0.253 e. The molecule has 6 nitrogen and oxygen atoms in total. The van der Waals surface area contributed by atoms with Crippen molar-refractivity contribution in [3.8, 4) is 17.1 Å². The summed E-state index contributed by atoms with van der Waals surface area (Å²) in [6.07, 6.45) is 5.84. The molecule has 0 radical (unpaired) electrons. The molecule has 1 atom stereocenters. The van der Waals surface area contributed by atoms with E-state index in [1.807, 2.05) is 75.1 Å². The fourth-order valence-electron chi connectivity index (χ4n) is 3.73. The Morgan fingerprint density at radius 3 is 2.69 bits per heavy atom. The highest BCUT2D eigenvalue weighted by Gasteiger charge is 2.29. The van der Waals surface area contributed by atoms with Gasteiger partial charge in [-0.15, -0.1) is 10.2 Å². The standard InChI is InChI=1S/C22H20N4O2S/c27-22(16-5-7-19(8-6-16)25-10-1-2-11-25)26-12-3-4-17(14-26)20-23-24-21(28-20)18-9-13-29-15-18/h1-2,5-11,13,15,17H,3-4,12,14H2. The minimum absolute atomic E-state index is 0.0475. The number of carbonyl (C=O) groups is 1. The predicted octanol–water partition coefficient (Wildman–Crippen LogP) is 4.61. The van der Waals surface area contributed by atoms with E-state index in [2.05, 4.69) is 10.2 Å². The molecule has 1 aliphatic rings. The molecule has 146 valence electrons. The summed E-state index contributed by atoms with van der Waals surface area (Å²) in [7, 11) is 0. The van der Waals surface area contributed by atoms with E-state index >= 15 is 0 Å². The molecule has 1 saturated heterocycles. The van der Waals surface area contributed by atoms with Crippen molar-refractivity contribution in [3.63, 3.8) is 0 Å². The Morgan fingerprint density at radius 2 is 1.93 bits per heavy atom. The molecule has 7 heteroatoms. The number of hydrogen-bond acceptors (Lipinski definition) is 5. The van der Waals surface area contributed by atoms with Crippen LogP contribution in [0.4, 0.5) is 0 Å². The lowest BCUT2D eigenvalue weighted by Gasteiger charge is -2.31. The quantitative estimate of drug-likeness (QED) is 0.498. The third-order valence-corrected chi connectivity index (χ3v) is 5.97. The number of amides is 1. The first-order valence-corrected chi connectivity index (χ1v) is 10.6. The molecule has 4 heterocycles. The molecule has 0 aliphatic carbocycles. The second-order valence-corrected chi connectivity index (χ2v) is 7.97. The Labute approximate surface area is 172 Å². The summed E-state index contributed by atoms with van der Waals surface area (Å²) in [6, 6.07) is 13.7. The normalized spacial score (nSPS) is 16.8. The number of aromatic nitrogens is 3. The van der Waals surface area contributed by atoms with E-state index in [-0.39, 0.29) is 11.8 Å². The fourth-order valence-corrected chi connectivity index (χ4v) is 4.36. The molecular weight excluding hydrogens is 384 g/mol. The molecule has 1 fully saturated rings. The van der Waals surface area contributed by atoms with Gasteiger partial charge in [-0.1, -0.05) is 0 Å². The lowest BCUT2D eigenvalue weighted by molar-refractivity contribution is 0.0698. The number of piperidine rings is 1. The van der Waals surface area contributed by atoms with E-state index in [1.165, 1.54) is 0 Å². The average molecular weight is 404 g/mol. The van der Waals surface area contributed by atoms with Crippen molar-refractivity contribution >= 4 is 17.2 Å². The topological polar surface area (TPSA) is 64.2 Å². The number of thiophene rings is 1. The van der Waals surface area contributed by atoms with Gasteiger partial charge in [0.2, 0.25) is 11.8 Å². The van der Waals surface area contributed by atoms with Crippen LogP contribution in [0.15, 0.2) is 70.0 Å². The van der Waals surface area contributed by atoms with E-state index in [1.54, 1.807) is 11.3 Å². The van der Waals surface area contributed by atoms with Crippen molar-refractivity contribution in [1.29, 1.82) is 0 Å². The maximum Gasteiger partial charge on any atom is 0.253 e. The Bertz CT molecular complexity index is 1080. The zero-order chi connectivity index (χ0) is 19.6. The average Bonchev–Trinajstić information content (AvgIpc) is 3.55. The second-order valence-electron chi connectivity index (χ2n) is 7.18. The zero-order valence-electron chi connectivity index (χ0n) is 15.8. The predicted molar refractivity (Wildman–Crippen MR) is 111 cm³/mol. The van der Waals surface area contributed by atoms with Gasteiger partial charge in [0.1, 0.15) is 0 Å². The third-order valence-electron chi connectivity index (χ3n) is 5.28. The lowest BCUT2D eigenvalue weighted by atomic mass is 9.97. The molecule has 5 rings (SSSR count). The van der Waals surface area contributed by atoms with Gasteiger partial charge in [-0.05, 0) is 60.7 Å². The Morgan fingerprint density at radius 1 is 1.10 bits per heavy atom. The first-order valence-electron chi connectivity index (χ1n) is 9.66. The van der Waals surface area contributed by atoms with Crippen molar-refractivity contribution in [1.82, 2.24) is 19.7 Å². The first kappa shape index (κ1) is 17.9. The summed E-state index contributed by atoms with van der Waals surface area (Å²) >= 11 is 1.60. The van der Waals surface area contributed by atoms with Crippen molar-refractivity contribution in [3.05, 3.63) is 77.1 Å². The van der Waals surface area contributed by atoms with Crippen molar-refractivity contribution < 1.29 is 9.21 Å². The van der Waals surface area contributed by atoms with Gasteiger partial charge in [-0.25, -0.2) is 0 Å². The van der Waals surface area contributed by atoms with Gasteiger partial charge in [0, 0.05) is 47.7 Å². The molecule has 4 aromatic rings. The molecule has 1 unspecified atom stereocenters. The maximum absolute atomic E-state index is 13.0. The summed E-state index contributed by atoms with van der Waals surface area (Å²) in [5.74, 6) is 1.29. The number of hydrogen-bond donors (Lipinski definition) is 0. The van der Waals surface area contributed by atoms with Gasteiger partial charge >= 0.3 is 0 Å². The van der Waals surface area contributed by atoms with Crippen LogP contribution in [-0.4, -0.2) is 38.7 Å². The highest BCUT2D eigenvalue weighted by molar-refractivity contribution is 7.08. The van der Waals surface area contributed by atoms with E-state index in [0.29, 0.717) is 23.9 Å². The van der Waals surface area contributed by atoms with Crippen LogP contribution in [-0.2, 0) is 0 Å². The lowest BCUT2D eigenvalue weighted by Crippen LogP contribution is -2.39.